The number of rotatable bonds is 4. The second kappa shape index (κ2) is 4.58. The third kappa shape index (κ3) is 2.31. The Morgan fingerprint density at radius 3 is 2.56 bits per heavy atom. The van der Waals surface area contributed by atoms with Crippen LogP contribution in [0.5, 0.6) is 0 Å². The summed E-state index contributed by atoms with van der Waals surface area (Å²) in [5.41, 5.74) is 1.14. The molecule has 0 saturated heterocycles. The van der Waals surface area contributed by atoms with E-state index < -0.39 is 0 Å². The predicted octanol–water partition coefficient (Wildman–Crippen LogP) is 3.10. The molecular formula is C15H15NOS. The molecule has 1 aliphatic carbocycles. The Morgan fingerprint density at radius 1 is 1.17 bits per heavy atom. The molecule has 2 nitrogen and oxygen atoms in total. The van der Waals surface area contributed by atoms with Crippen molar-refractivity contribution < 1.29 is 4.79 Å². The number of carbonyl (C=O) groups is 1. The summed E-state index contributed by atoms with van der Waals surface area (Å²) in [6.45, 7) is 0. The molecule has 1 saturated carbocycles. The van der Waals surface area contributed by atoms with Gasteiger partial charge in [-0.15, -0.1) is 11.3 Å². The molecule has 1 N–H and O–H groups in total. The lowest BCUT2D eigenvalue weighted by atomic mass is 10.0. The van der Waals surface area contributed by atoms with Crippen LogP contribution in [0.4, 0.5) is 0 Å². The zero-order chi connectivity index (χ0) is 12.4. The molecule has 1 aromatic carbocycles. The monoisotopic (exact) mass is 257 g/mol. The largest absolute Gasteiger partial charge is 0.346 e. The van der Waals surface area contributed by atoms with Crippen LogP contribution in [0.2, 0.25) is 0 Å². The van der Waals surface area contributed by atoms with Crippen LogP contribution < -0.4 is 5.32 Å². The molecule has 0 aliphatic heterocycles. The minimum Gasteiger partial charge on any atom is -0.346 e. The van der Waals surface area contributed by atoms with Gasteiger partial charge >= 0.3 is 0 Å². The van der Waals surface area contributed by atoms with Crippen molar-refractivity contribution in [1.82, 2.24) is 5.32 Å². The van der Waals surface area contributed by atoms with Crippen molar-refractivity contribution in [3.63, 3.8) is 0 Å². The number of amides is 1. The van der Waals surface area contributed by atoms with Gasteiger partial charge in [0.25, 0.3) is 0 Å². The Kier molecular flexibility index (Phi) is 2.92. The average Bonchev–Trinajstić information content (AvgIpc) is 2.98. The highest BCUT2D eigenvalue weighted by atomic mass is 32.1. The summed E-state index contributed by atoms with van der Waals surface area (Å²) in [4.78, 5) is 13.2. The van der Waals surface area contributed by atoms with E-state index in [-0.39, 0.29) is 11.4 Å². The maximum Gasteiger partial charge on any atom is 0.225 e. The van der Waals surface area contributed by atoms with Gasteiger partial charge in [0, 0.05) is 4.88 Å². The Hall–Kier alpha value is -1.61. The second-order valence-electron chi connectivity index (χ2n) is 4.75. The Balaban J connectivity index is 1.68. The van der Waals surface area contributed by atoms with Crippen molar-refractivity contribution >= 4 is 17.2 Å². The predicted molar refractivity (Wildman–Crippen MR) is 73.5 cm³/mol. The van der Waals surface area contributed by atoms with Crippen LogP contribution in [0.3, 0.4) is 0 Å². The second-order valence-corrected chi connectivity index (χ2v) is 5.78. The minimum absolute atomic E-state index is 0.0877. The first-order chi connectivity index (χ1) is 8.78. The van der Waals surface area contributed by atoms with Gasteiger partial charge in [-0.2, -0.15) is 0 Å². The van der Waals surface area contributed by atoms with Gasteiger partial charge in [0.05, 0.1) is 12.0 Å². The van der Waals surface area contributed by atoms with Crippen LogP contribution in [0, 0.1) is 0 Å². The molecule has 1 amide bonds. The Morgan fingerprint density at radius 2 is 1.94 bits per heavy atom. The van der Waals surface area contributed by atoms with E-state index >= 15 is 0 Å². The SMILES string of the molecule is O=C(Cc1cccs1)NC1(c2ccccc2)CC1. The quantitative estimate of drug-likeness (QED) is 0.896. The smallest absolute Gasteiger partial charge is 0.225 e. The number of nitrogens with one attached hydrogen (secondary N) is 1. The summed E-state index contributed by atoms with van der Waals surface area (Å²) in [5, 5.41) is 5.20. The van der Waals surface area contributed by atoms with Crippen molar-refractivity contribution in [3.05, 3.63) is 58.3 Å². The molecular weight excluding hydrogens is 242 g/mol. The number of thiophene rings is 1. The van der Waals surface area contributed by atoms with E-state index in [1.54, 1.807) is 11.3 Å². The third-order valence-corrected chi connectivity index (χ3v) is 4.25. The van der Waals surface area contributed by atoms with Crippen molar-refractivity contribution in [2.24, 2.45) is 0 Å². The van der Waals surface area contributed by atoms with E-state index in [1.165, 1.54) is 5.56 Å². The van der Waals surface area contributed by atoms with Gasteiger partial charge in [0.15, 0.2) is 0 Å². The molecule has 0 unspecified atom stereocenters. The van der Waals surface area contributed by atoms with Gasteiger partial charge in [-0.1, -0.05) is 36.4 Å². The van der Waals surface area contributed by atoms with E-state index in [0.29, 0.717) is 6.42 Å². The lowest BCUT2D eigenvalue weighted by Crippen LogP contribution is -2.35. The van der Waals surface area contributed by atoms with Crippen LogP contribution in [-0.4, -0.2) is 5.91 Å². The molecule has 2 aromatic rings. The summed E-state index contributed by atoms with van der Waals surface area (Å²) in [6, 6.07) is 14.2. The molecule has 0 bridgehead atoms. The fourth-order valence-corrected chi connectivity index (χ4v) is 2.95. The van der Waals surface area contributed by atoms with Crippen molar-refractivity contribution in [3.8, 4) is 0 Å². The molecule has 18 heavy (non-hydrogen) atoms. The maximum absolute atomic E-state index is 12.0. The normalized spacial score (nSPS) is 16.2. The van der Waals surface area contributed by atoms with Crippen molar-refractivity contribution in [1.29, 1.82) is 0 Å². The van der Waals surface area contributed by atoms with Crippen molar-refractivity contribution in [2.75, 3.05) is 0 Å². The van der Waals surface area contributed by atoms with Gasteiger partial charge in [-0.05, 0) is 29.9 Å². The molecule has 3 rings (SSSR count). The average molecular weight is 257 g/mol. The van der Waals surface area contributed by atoms with Crippen LogP contribution in [-0.2, 0) is 16.8 Å². The fraction of sp³-hybridized carbons (Fsp3) is 0.267. The highest BCUT2D eigenvalue weighted by molar-refractivity contribution is 7.10. The molecule has 0 spiro atoms. The van der Waals surface area contributed by atoms with Gasteiger partial charge in [-0.25, -0.2) is 0 Å². The van der Waals surface area contributed by atoms with Crippen molar-refractivity contribution in [2.45, 2.75) is 24.8 Å². The highest BCUT2D eigenvalue weighted by Gasteiger charge is 2.45. The summed E-state index contributed by atoms with van der Waals surface area (Å²) in [5.74, 6) is 0.124. The first kappa shape index (κ1) is 11.5. The molecule has 1 aliphatic rings. The van der Waals surface area contributed by atoms with Gasteiger partial charge in [-0.3, -0.25) is 4.79 Å². The van der Waals surface area contributed by atoms with Gasteiger partial charge in [0.2, 0.25) is 5.91 Å². The molecule has 92 valence electrons. The molecule has 0 atom stereocenters. The zero-order valence-corrected chi connectivity index (χ0v) is 10.9. The van der Waals surface area contributed by atoms with Crippen LogP contribution in [0.1, 0.15) is 23.3 Å². The van der Waals surface area contributed by atoms with E-state index in [0.717, 1.165) is 17.7 Å². The van der Waals surface area contributed by atoms with Gasteiger partial charge < -0.3 is 5.32 Å². The number of benzene rings is 1. The Bertz CT molecular complexity index is 529. The number of carbonyl (C=O) groups excluding carboxylic acids is 1. The summed E-state index contributed by atoms with van der Waals surface area (Å²) in [7, 11) is 0. The molecule has 3 heteroatoms. The molecule has 1 heterocycles. The number of hydrogen-bond donors (Lipinski definition) is 1. The first-order valence-corrected chi connectivity index (χ1v) is 7.05. The zero-order valence-electron chi connectivity index (χ0n) is 10.1. The molecule has 1 aromatic heterocycles. The highest BCUT2D eigenvalue weighted by Crippen LogP contribution is 2.45. The molecule has 1 fully saturated rings. The molecule has 0 radical (unpaired) electrons. The maximum atomic E-state index is 12.0. The van der Waals surface area contributed by atoms with E-state index in [2.05, 4.69) is 17.4 Å². The van der Waals surface area contributed by atoms with E-state index in [4.69, 9.17) is 0 Å². The minimum atomic E-state index is -0.0877. The number of hydrogen-bond acceptors (Lipinski definition) is 2. The summed E-state index contributed by atoms with van der Waals surface area (Å²) >= 11 is 1.63. The third-order valence-electron chi connectivity index (χ3n) is 3.37. The van der Waals surface area contributed by atoms with Crippen LogP contribution in [0.15, 0.2) is 47.8 Å². The lowest BCUT2D eigenvalue weighted by Gasteiger charge is -2.17. The van der Waals surface area contributed by atoms with Crippen LogP contribution >= 0.6 is 11.3 Å². The van der Waals surface area contributed by atoms with Crippen LogP contribution in [0.25, 0.3) is 0 Å². The van der Waals surface area contributed by atoms with Gasteiger partial charge in [0.1, 0.15) is 0 Å². The van der Waals surface area contributed by atoms with E-state index in [1.807, 2.05) is 35.7 Å². The van der Waals surface area contributed by atoms with E-state index in [9.17, 15) is 4.79 Å². The topological polar surface area (TPSA) is 29.1 Å². The summed E-state index contributed by atoms with van der Waals surface area (Å²) < 4.78 is 0. The lowest BCUT2D eigenvalue weighted by molar-refractivity contribution is -0.121. The summed E-state index contributed by atoms with van der Waals surface area (Å²) in [6.07, 6.45) is 2.59. The Labute approximate surface area is 111 Å². The first-order valence-electron chi connectivity index (χ1n) is 6.17. The fourth-order valence-electron chi connectivity index (χ4n) is 2.25. The standard InChI is InChI=1S/C15H15NOS/c17-14(11-13-7-4-10-18-13)16-15(8-9-15)12-5-2-1-3-6-12/h1-7,10H,8-9,11H2,(H,16,17).